The molecule has 3 rings (SSSR count). The highest BCUT2D eigenvalue weighted by molar-refractivity contribution is 8.29. The number of anilines is 2. The summed E-state index contributed by atoms with van der Waals surface area (Å²) >= 11 is 4.65. The quantitative estimate of drug-likeness (QED) is 0.0418. The van der Waals surface area contributed by atoms with Gasteiger partial charge in [0.15, 0.2) is 8.32 Å². The molecule has 0 radical (unpaired) electrons. The van der Waals surface area contributed by atoms with Crippen molar-refractivity contribution in [2.24, 2.45) is 0 Å². The molecule has 0 aliphatic heterocycles. The molecule has 0 aromatic heterocycles. The first-order valence-corrected chi connectivity index (χ1v) is 46.9. The molecule has 0 aliphatic carbocycles. The Kier molecular flexibility index (Phi) is 28.9. The van der Waals surface area contributed by atoms with Crippen molar-refractivity contribution in [2.75, 3.05) is 55.1 Å². The number of hydrogen-bond donors (Lipinski definition) is 0. The Labute approximate surface area is 485 Å². The van der Waals surface area contributed by atoms with Crippen molar-refractivity contribution in [3.63, 3.8) is 0 Å². The van der Waals surface area contributed by atoms with Crippen LogP contribution in [0.25, 0.3) is 0 Å². The van der Waals surface area contributed by atoms with Crippen molar-refractivity contribution < 1.29 is 4.43 Å². The smallest absolute Gasteiger partial charge is 0.190 e. The van der Waals surface area contributed by atoms with Gasteiger partial charge in [0, 0.05) is 64.1 Å². The number of hydrogen-bond acceptors (Lipinski definition) is 5. The monoisotopic (exact) mass is 1150 g/mol. The fourth-order valence-corrected chi connectivity index (χ4v) is 27.8. The molecule has 3 atom stereocenters. The van der Waals surface area contributed by atoms with Gasteiger partial charge < -0.3 is 14.2 Å². The van der Waals surface area contributed by atoms with Crippen LogP contribution >= 0.6 is 22.4 Å². The lowest BCUT2D eigenvalue weighted by molar-refractivity contribution is 0.371. The molecule has 0 saturated carbocycles. The first-order chi connectivity index (χ1) is 35.7. The van der Waals surface area contributed by atoms with Crippen LogP contribution in [-0.2, 0) is 15.3 Å². The molecule has 3 unspecified atom stereocenters. The zero-order valence-corrected chi connectivity index (χ0v) is 59.4. The van der Waals surface area contributed by atoms with Crippen LogP contribution in [-0.4, -0.2) is 76.1 Å². The zero-order chi connectivity index (χ0) is 56.9. The Morgan fingerprint density at radius 1 is 0.461 bits per heavy atom. The van der Waals surface area contributed by atoms with Gasteiger partial charge in [0.25, 0.3) is 0 Å². The second-order valence-electron chi connectivity index (χ2n) is 27.8. The van der Waals surface area contributed by atoms with Gasteiger partial charge in [0.05, 0.1) is 0 Å². The fraction of sp³-hybridized carbons (Fsp3) is 0.731. The van der Waals surface area contributed by atoms with E-state index in [1.807, 2.05) is 0 Å². The molecular formula is C67H122N2OS2Si4. The molecule has 0 saturated heterocycles. The van der Waals surface area contributed by atoms with Crippen molar-refractivity contribution in [3.8, 4) is 0 Å². The van der Waals surface area contributed by atoms with Gasteiger partial charge in [-0.3, -0.25) is 0 Å². The van der Waals surface area contributed by atoms with Gasteiger partial charge in [-0.2, -0.15) is 22.4 Å². The summed E-state index contributed by atoms with van der Waals surface area (Å²) in [4.78, 5) is 5.16. The maximum atomic E-state index is 7.05. The van der Waals surface area contributed by atoms with Crippen molar-refractivity contribution in [1.29, 1.82) is 0 Å². The van der Waals surface area contributed by atoms with Crippen LogP contribution in [0.15, 0.2) is 72.8 Å². The standard InChI is InChI=1S/C67H122N2OS2Si4/c1-21-26-31-46-66(56-73(14,15)53-34-51-71-74(16,17)64(6,7)8,58-40-44-63(45-41-58)69(49-29-24-4)50-30-25-5)60-36-33-37-61(55-60)67(47-32-27-22-2,59-38-42-62(43-39-59)68(12)48-28-23-3)57-76(20,70-13)54-35-52-72-75(18,19)65(9,10)11/h33,36-45,55H,21-32,34-35,46-54,56-57H2,1-20H3. The predicted molar refractivity (Wildman–Crippen MR) is 363 cm³/mol. The summed E-state index contributed by atoms with van der Waals surface area (Å²) in [6.07, 6.45) is 19.8. The Hall–Kier alpha value is -1.21. The molecule has 0 heterocycles. The molecule has 434 valence electrons. The highest BCUT2D eigenvalue weighted by Crippen LogP contribution is 2.51. The van der Waals surface area contributed by atoms with Crippen LogP contribution in [0, 0.1) is 0 Å². The van der Waals surface area contributed by atoms with Gasteiger partial charge in [-0.05, 0) is 138 Å². The first kappa shape index (κ1) is 69.1. The zero-order valence-electron chi connectivity index (χ0n) is 53.7. The maximum Gasteiger partial charge on any atom is 0.190 e. The summed E-state index contributed by atoms with van der Waals surface area (Å²) in [5.41, 5.74) is 8.65. The lowest BCUT2D eigenvalue weighted by Crippen LogP contribution is -2.44. The summed E-state index contributed by atoms with van der Waals surface area (Å²) in [5, 5.41) is 0.791. The van der Waals surface area contributed by atoms with Crippen LogP contribution in [0.5, 0.6) is 0 Å². The summed E-state index contributed by atoms with van der Waals surface area (Å²) < 4.78 is 7.05. The van der Waals surface area contributed by atoms with Gasteiger partial charge in [-0.1, -0.05) is 228 Å². The molecule has 0 bridgehead atoms. The third kappa shape index (κ3) is 20.3. The lowest BCUT2D eigenvalue weighted by atomic mass is 9.68. The van der Waals surface area contributed by atoms with Crippen molar-refractivity contribution >= 4 is 64.6 Å². The largest absolute Gasteiger partial charge is 0.420 e. The van der Waals surface area contributed by atoms with E-state index in [1.165, 1.54) is 148 Å². The van der Waals surface area contributed by atoms with E-state index < -0.39 is 30.8 Å². The van der Waals surface area contributed by atoms with Gasteiger partial charge in [-0.25, -0.2) is 0 Å². The molecule has 0 amide bonds. The van der Waals surface area contributed by atoms with E-state index >= 15 is 0 Å². The summed E-state index contributed by atoms with van der Waals surface area (Å²) in [6, 6.07) is 35.8. The minimum atomic E-state index is -2.26. The minimum absolute atomic E-state index is 0.0758. The molecule has 3 aromatic carbocycles. The topological polar surface area (TPSA) is 15.7 Å². The van der Waals surface area contributed by atoms with Crippen LogP contribution in [0.4, 0.5) is 11.4 Å². The van der Waals surface area contributed by atoms with E-state index in [0.717, 1.165) is 32.1 Å². The molecule has 0 spiro atoms. The Morgan fingerprint density at radius 2 is 0.868 bits per heavy atom. The third-order valence-corrected chi connectivity index (χ3v) is 44.7. The first-order valence-electron chi connectivity index (χ1n) is 31.3. The second kappa shape index (κ2) is 31.9. The van der Waals surface area contributed by atoms with E-state index in [-0.39, 0.29) is 10.8 Å². The fourth-order valence-electron chi connectivity index (χ4n) is 11.5. The molecule has 0 fully saturated rings. The van der Waals surface area contributed by atoms with Gasteiger partial charge in [0.1, 0.15) is 14.4 Å². The Morgan fingerprint density at radius 3 is 1.29 bits per heavy atom. The van der Waals surface area contributed by atoms with E-state index in [4.69, 9.17) is 4.43 Å². The molecule has 76 heavy (non-hydrogen) atoms. The normalized spacial score (nSPS) is 15.3. The van der Waals surface area contributed by atoms with Crippen molar-refractivity contribution in [1.82, 2.24) is 0 Å². The Bertz CT molecular complexity index is 2060. The molecule has 0 aliphatic rings. The summed E-state index contributed by atoms with van der Waals surface area (Å²) in [6.45, 7) is 48.5. The van der Waals surface area contributed by atoms with Crippen LogP contribution < -0.4 is 9.80 Å². The summed E-state index contributed by atoms with van der Waals surface area (Å²) in [5.74, 6) is 2.54. The average molecular weight is 1150 g/mol. The maximum absolute atomic E-state index is 7.05. The number of unbranched alkanes of at least 4 members (excludes halogenated alkanes) is 7. The van der Waals surface area contributed by atoms with Crippen LogP contribution in [0.3, 0.4) is 0 Å². The molecule has 3 aromatic rings. The van der Waals surface area contributed by atoms with E-state index in [2.05, 4.69) is 241 Å². The average Bonchev–Trinajstić information content (AvgIpc) is 3.37. The number of nitrogens with zero attached hydrogens (tertiary/aromatic N) is 2. The molecule has 3 nitrogen and oxygen atoms in total. The Balaban J connectivity index is 2.43. The van der Waals surface area contributed by atoms with E-state index in [0.29, 0.717) is 10.1 Å². The van der Waals surface area contributed by atoms with Gasteiger partial charge in [-0.15, -0.1) is 0 Å². The number of rotatable bonds is 38. The van der Waals surface area contributed by atoms with Crippen LogP contribution in [0.2, 0.25) is 80.1 Å². The minimum Gasteiger partial charge on any atom is -0.420 e. The van der Waals surface area contributed by atoms with E-state index in [9.17, 15) is 0 Å². The lowest BCUT2D eigenvalue weighted by Gasteiger charge is -2.44. The third-order valence-electron chi connectivity index (χ3n) is 18.8. The summed E-state index contributed by atoms with van der Waals surface area (Å²) in [7, 11) is -2.52. The molecular weight excluding hydrogens is 1030 g/mol. The van der Waals surface area contributed by atoms with Crippen molar-refractivity contribution in [3.05, 3.63) is 95.1 Å². The SMILES string of the molecule is CCCCCC(C[Si](C)(C)CCCS[Si](C)(C)C(C)(C)C)(c1ccc(N(CCCC)CCCC)cc1)c1cccc(C(CCCCC)(C[Si](C)(CCCS[Si](C)(C)C(C)(C)C)OC)c2ccc(N(C)CCCC)cc2)c1. The highest BCUT2D eigenvalue weighted by atomic mass is 32.4. The predicted octanol–water partition coefficient (Wildman–Crippen LogP) is 22.2. The molecule has 0 N–H and O–H groups in total. The van der Waals surface area contributed by atoms with Gasteiger partial charge in [0.2, 0.25) is 0 Å². The van der Waals surface area contributed by atoms with Crippen LogP contribution in [0.1, 0.15) is 201 Å². The van der Waals surface area contributed by atoms with Crippen molar-refractivity contribution in [2.45, 2.75) is 270 Å². The second-order valence-corrected chi connectivity index (χ2v) is 55.5. The highest BCUT2D eigenvalue weighted by Gasteiger charge is 2.46. The van der Waals surface area contributed by atoms with E-state index in [1.54, 1.807) is 11.1 Å². The molecule has 9 heteroatoms. The van der Waals surface area contributed by atoms with Gasteiger partial charge >= 0.3 is 0 Å². The number of benzene rings is 3.